The molecular weight excluding hydrogens is 460 g/mol. The highest BCUT2D eigenvalue weighted by molar-refractivity contribution is 5.90. The normalized spacial score (nSPS) is 10.9. The molecule has 0 atom stereocenters. The van der Waals surface area contributed by atoms with Crippen LogP contribution in [0.3, 0.4) is 0 Å². The topological polar surface area (TPSA) is 79.2 Å². The molecule has 1 aromatic carbocycles. The second kappa shape index (κ2) is 15.4. The molecule has 3 aromatic rings. The van der Waals surface area contributed by atoms with Crippen LogP contribution in [0.4, 0.5) is 5.69 Å². The van der Waals surface area contributed by atoms with E-state index in [1.54, 1.807) is 0 Å². The van der Waals surface area contributed by atoms with Crippen molar-refractivity contribution in [3.8, 4) is 5.75 Å². The second-order valence-corrected chi connectivity index (χ2v) is 9.05. The van der Waals surface area contributed by atoms with Crippen LogP contribution in [0.25, 0.3) is 10.9 Å². The van der Waals surface area contributed by atoms with Gasteiger partial charge in [-0.1, -0.05) is 57.2 Å². The molecule has 2 aromatic heterocycles. The molecule has 0 amide bonds. The maximum Gasteiger partial charge on any atom is 0.223 e. The number of benzene rings is 1. The van der Waals surface area contributed by atoms with Crippen molar-refractivity contribution in [3.63, 3.8) is 0 Å². The Labute approximate surface area is 215 Å². The van der Waals surface area contributed by atoms with Gasteiger partial charge in [-0.05, 0) is 44.9 Å². The molecule has 0 aliphatic heterocycles. The molecule has 0 saturated heterocycles. The highest BCUT2D eigenvalue weighted by Crippen LogP contribution is 2.21. The lowest BCUT2D eigenvalue weighted by Gasteiger charge is -2.18. The summed E-state index contributed by atoms with van der Waals surface area (Å²) in [4.78, 5) is 16.4. The number of rotatable bonds is 15. The summed E-state index contributed by atoms with van der Waals surface area (Å²) in [5, 5.41) is 18.4. The minimum absolute atomic E-state index is 0. The second-order valence-electron chi connectivity index (χ2n) is 9.05. The Morgan fingerprint density at radius 3 is 2.46 bits per heavy atom. The van der Waals surface area contributed by atoms with Crippen LogP contribution < -0.4 is 16.1 Å². The third kappa shape index (κ3) is 8.55. The molecule has 0 fully saturated rings. The maximum absolute atomic E-state index is 12.0. The fraction of sp³-hybridized carbons (Fsp3) is 0.500. The highest BCUT2D eigenvalue weighted by atomic mass is 35.5. The number of para-hydroxylation sites is 1. The molecule has 0 saturated carbocycles. The van der Waals surface area contributed by atoms with Crippen LogP contribution in [0.15, 0.2) is 47.4 Å². The summed E-state index contributed by atoms with van der Waals surface area (Å²) in [6.07, 6.45) is 11.1. The van der Waals surface area contributed by atoms with Crippen LogP contribution >= 0.6 is 12.4 Å². The number of hydrogen-bond acceptors (Lipinski definition) is 5. The number of pyridine rings is 2. The third-order valence-corrected chi connectivity index (χ3v) is 6.37. The number of aryl methyl sites for hydroxylation is 1. The van der Waals surface area contributed by atoms with Crippen molar-refractivity contribution in [1.29, 1.82) is 0 Å². The summed E-state index contributed by atoms with van der Waals surface area (Å²) in [6.45, 7) is 7.33. The van der Waals surface area contributed by atoms with Gasteiger partial charge >= 0.3 is 0 Å². The molecule has 2 heterocycles. The Morgan fingerprint density at radius 1 is 0.971 bits per heavy atom. The number of aromatic nitrogens is 2. The van der Waals surface area contributed by atoms with E-state index in [0.29, 0.717) is 12.2 Å². The van der Waals surface area contributed by atoms with Gasteiger partial charge in [0, 0.05) is 48.7 Å². The Morgan fingerprint density at radius 2 is 1.69 bits per heavy atom. The van der Waals surface area contributed by atoms with Crippen LogP contribution in [-0.4, -0.2) is 27.7 Å². The zero-order chi connectivity index (χ0) is 24.2. The van der Waals surface area contributed by atoms with E-state index in [1.165, 1.54) is 37.1 Å². The molecule has 0 bridgehead atoms. The fourth-order valence-electron chi connectivity index (χ4n) is 4.39. The number of aromatic hydroxyl groups is 1. The van der Waals surface area contributed by atoms with Crippen molar-refractivity contribution >= 4 is 29.0 Å². The molecule has 3 N–H and O–H groups in total. The lowest BCUT2D eigenvalue weighted by molar-refractivity contribution is 0.435. The fourth-order valence-corrected chi connectivity index (χ4v) is 4.39. The Hall–Kier alpha value is -2.57. The molecule has 3 rings (SSSR count). The molecule has 0 unspecified atom stereocenters. The van der Waals surface area contributed by atoms with Gasteiger partial charge in [-0.2, -0.15) is 0 Å². The van der Waals surface area contributed by atoms with E-state index in [1.807, 2.05) is 25.3 Å². The number of hydrogen-bond donors (Lipinski definition) is 3. The number of halogens is 1. The highest BCUT2D eigenvalue weighted by Gasteiger charge is 2.12. The number of nitrogens with one attached hydrogen (secondary N) is 2. The minimum Gasteiger partial charge on any atom is -0.503 e. The molecule has 0 spiro atoms. The lowest BCUT2D eigenvalue weighted by Crippen LogP contribution is -2.23. The van der Waals surface area contributed by atoms with Crippen LogP contribution in [0.2, 0.25) is 0 Å². The van der Waals surface area contributed by atoms with E-state index in [2.05, 4.69) is 45.3 Å². The zero-order valence-corrected chi connectivity index (χ0v) is 22.0. The number of anilines is 1. The Bertz CT molecular complexity index is 1090. The first-order valence-corrected chi connectivity index (χ1v) is 12.8. The van der Waals surface area contributed by atoms with Gasteiger partial charge in [0.25, 0.3) is 0 Å². The molecule has 0 radical (unpaired) electrons. The summed E-state index contributed by atoms with van der Waals surface area (Å²) in [7, 11) is 0. The van der Waals surface area contributed by atoms with E-state index in [-0.39, 0.29) is 23.6 Å². The quantitative estimate of drug-likeness (QED) is 0.217. The summed E-state index contributed by atoms with van der Waals surface area (Å²) in [6, 6.07) is 11.8. The van der Waals surface area contributed by atoms with Gasteiger partial charge in [-0.25, -0.2) is 0 Å². The van der Waals surface area contributed by atoms with Gasteiger partial charge < -0.3 is 20.3 Å². The van der Waals surface area contributed by atoms with Crippen LogP contribution in [0.1, 0.15) is 69.7 Å². The number of nitrogens with zero attached hydrogens (tertiary/aromatic N) is 2. The van der Waals surface area contributed by atoms with Crippen LogP contribution in [0, 0.1) is 6.92 Å². The number of fused-ring (bicyclic) bond motifs is 1. The van der Waals surface area contributed by atoms with Crippen molar-refractivity contribution in [3.05, 3.63) is 64.2 Å². The first kappa shape index (κ1) is 28.7. The predicted octanol–water partition coefficient (Wildman–Crippen LogP) is 6.17. The van der Waals surface area contributed by atoms with Crippen molar-refractivity contribution in [1.82, 2.24) is 14.9 Å². The van der Waals surface area contributed by atoms with Crippen LogP contribution in [0.5, 0.6) is 5.75 Å². The van der Waals surface area contributed by atoms with Gasteiger partial charge in [-0.3, -0.25) is 9.78 Å². The summed E-state index contributed by atoms with van der Waals surface area (Å²) in [5.41, 5.74) is 3.54. The van der Waals surface area contributed by atoms with E-state index >= 15 is 0 Å². The largest absolute Gasteiger partial charge is 0.503 e. The summed E-state index contributed by atoms with van der Waals surface area (Å²) >= 11 is 0. The van der Waals surface area contributed by atoms with Crippen molar-refractivity contribution in [2.75, 3.05) is 18.4 Å². The molecule has 7 heteroatoms. The van der Waals surface area contributed by atoms with Crippen molar-refractivity contribution in [2.24, 2.45) is 0 Å². The van der Waals surface area contributed by atoms with Gasteiger partial charge in [0.1, 0.15) is 0 Å². The maximum atomic E-state index is 12.0. The summed E-state index contributed by atoms with van der Waals surface area (Å²) < 4.78 is 2.08. The molecule has 0 aliphatic rings. The van der Waals surface area contributed by atoms with E-state index in [9.17, 15) is 9.90 Å². The molecule has 0 aliphatic carbocycles. The average Bonchev–Trinajstić information content (AvgIpc) is 2.85. The van der Waals surface area contributed by atoms with Gasteiger partial charge in [-0.15, -0.1) is 12.4 Å². The van der Waals surface area contributed by atoms with E-state index < -0.39 is 0 Å². The van der Waals surface area contributed by atoms with E-state index in [4.69, 9.17) is 0 Å². The molecule has 192 valence electrons. The Kier molecular flexibility index (Phi) is 12.6. The van der Waals surface area contributed by atoms with Crippen molar-refractivity contribution in [2.45, 2.75) is 78.3 Å². The lowest BCUT2D eigenvalue weighted by atomic mass is 10.1. The first-order valence-electron chi connectivity index (χ1n) is 12.8. The third-order valence-electron chi connectivity index (χ3n) is 6.37. The van der Waals surface area contributed by atoms with Crippen molar-refractivity contribution < 1.29 is 5.11 Å². The monoisotopic (exact) mass is 500 g/mol. The number of unbranched alkanes of at least 4 members (excludes halogenated alkanes) is 6. The SMILES string of the molecule is CCCCn1c(C)cc(=O)c(O)c1CNCCCCCCCCNc1ccnc2ccccc12.Cl. The Balaban J connectivity index is 0.00000432. The molecule has 35 heavy (non-hydrogen) atoms. The van der Waals surface area contributed by atoms with Gasteiger partial charge in [0.2, 0.25) is 5.43 Å². The summed E-state index contributed by atoms with van der Waals surface area (Å²) in [5.74, 6) is -0.109. The van der Waals surface area contributed by atoms with Gasteiger partial charge in [0.15, 0.2) is 5.75 Å². The van der Waals surface area contributed by atoms with E-state index in [0.717, 1.165) is 62.2 Å². The first-order chi connectivity index (χ1) is 16.6. The minimum atomic E-state index is -0.284. The zero-order valence-electron chi connectivity index (χ0n) is 21.2. The van der Waals surface area contributed by atoms with Gasteiger partial charge in [0.05, 0.1) is 11.2 Å². The average molecular weight is 501 g/mol. The predicted molar refractivity (Wildman–Crippen MR) is 149 cm³/mol. The van der Waals surface area contributed by atoms with Crippen LogP contribution in [-0.2, 0) is 13.1 Å². The smallest absolute Gasteiger partial charge is 0.223 e. The standard InChI is InChI=1S/C28H40N4O2.ClH/c1-3-4-19-32-22(2)20-27(33)28(34)26(32)21-29-16-11-7-5-6-8-12-17-30-25-15-18-31-24-14-10-9-13-23(24)25;/h9-10,13-15,18,20,29,34H,3-8,11-12,16-17,19,21H2,1-2H3,(H,30,31);1H. The molecular formula is C28H41ClN4O2. The molecule has 6 nitrogen and oxygen atoms in total.